The van der Waals surface area contributed by atoms with Crippen molar-refractivity contribution in [3.8, 4) is 5.75 Å². The molecule has 0 spiro atoms. The fourth-order valence-corrected chi connectivity index (χ4v) is 3.69. The second-order valence-electron chi connectivity index (χ2n) is 6.96. The second kappa shape index (κ2) is 6.65. The number of allylic oxidation sites excluding steroid dienone is 1. The number of ether oxygens (including phenoxy) is 1. The van der Waals surface area contributed by atoms with Crippen molar-refractivity contribution in [2.75, 3.05) is 0 Å². The van der Waals surface area contributed by atoms with E-state index in [0.717, 1.165) is 31.4 Å². The average molecular weight is 315 g/mol. The van der Waals surface area contributed by atoms with Crippen LogP contribution < -0.4 is 4.74 Å². The predicted molar refractivity (Wildman–Crippen MR) is 90.6 cm³/mol. The molecule has 2 bridgehead atoms. The van der Waals surface area contributed by atoms with Crippen LogP contribution in [0.2, 0.25) is 0 Å². The Balaban J connectivity index is 1.60. The van der Waals surface area contributed by atoms with Crippen molar-refractivity contribution in [3.63, 3.8) is 0 Å². The van der Waals surface area contributed by atoms with E-state index >= 15 is 0 Å². The predicted octanol–water partition coefficient (Wildman–Crippen LogP) is 4.41. The molecular formula is C19H25NO3. The number of fused-ring (bicyclic) bond motifs is 2. The van der Waals surface area contributed by atoms with E-state index in [1.54, 1.807) is 4.90 Å². The molecule has 0 saturated carbocycles. The molecule has 2 heterocycles. The standard InChI is InChI=1S/C19H25NO3/c1-13(2)3-4-14-5-9-17(10-6-14)23-18-11-15-7-8-16(12-18)20(15)19(21)22/h3-6,9-10,13,15-16,18H,7-8,11-12H2,1-2H3,(H,21,22)/b4-3-/t15-,16+,18+. The van der Waals surface area contributed by atoms with E-state index in [-0.39, 0.29) is 18.2 Å². The average Bonchev–Trinajstić information content (AvgIpc) is 2.78. The summed E-state index contributed by atoms with van der Waals surface area (Å²) in [5, 5.41) is 9.29. The summed E-state index contributed by atoms with van der Waals surface area (Å²) in [7, 11) is 0. The van der Waals surface area contributed by atoms with Crippen molar-refractivity contribution in [1.29, 1.82) is 0 Å². The molecule has 2 fully saturated rings. The first kappa shape index (κ1) is 15.9. The lowest BCUT2D eigenvalue weighted by Gasteiger charge is -2.37. The van der Waals surface area contributed by atoms with Crippen LogP contribution in [0.15, 0.2) is 30.3 Å². The first-order chi connectivity index (χ1) is 11.0. The van der Waals surface area contributed by atoms with Gasteiger partial charge in [0.15, 0.2) is 0 Å². The number of rotatable bonds is 4. The van der Waals surface area contributed by atoms with Gasteiger partial charge in [-0.05, 0) is 36.5 Å². The minimum Gasteiger partial charge on any atom is -0.490 e. The highest BCUT2D eigenvalue weighted by atomic mass is 16.5. The van der Waals surface area contributed by atoms with Crippen LogP contribution in [0.5, 0.6) is 5.75 Å². The highest BCUT2D eigenvalue weighted by Gasteiger charge is 2.44. The van der Waals surface area contributed by atoms with Crippen molar-refractivity contribution >= 4 is 12.2 Å². The van der Waals surface area contributed by atoms with Gasteiger partial charge in [-0.1, -0.05) is 38.1 Å². The molecule has 1 amide bonds. The maximum atomic E-state index is 11.3. The number of nitrogens with zero attached hydrogens (tertiary/aromatic N) is 1. The smallest absolute Gasteiger partial charge is 0.407 e. The molecule has 3 rings (SSSR count). The monoisotopic (exact) mass is 315 g/mol. The molecule has 0 aromatic heterocycles. The van der Waals surface area contributed by atoms with E-state index in [2.05, 4.69) is 38.1 Å². The van der Waals surface area contributed by atoms with E-state index in [0.29, 0.717) is 5.92 Å². The van der Waals surface area contributed by atoms with Crippen LogP contribution in [0.25, 0.3) is 6.08 Å². The largest absolute Gasteiger partial charge is 0.490 e. The molecule has 1 aromatic carbocycles. The molecule has 2 aliphatic heterocycles. The van der Waals surface area contributed by atoms with Crippen LogP contribution in [0.4, 0.5) is 4.79 Å². The SMILES string of the molecule is CC(C)/C=C\c1ccc(O[C@H]2C[C@H]3CC[C@@H](C2)N3C(=O)O)cc1. The van der Waals surface area contributed by atoms with Crippen molar-refractivity contribution < 1.29 is 14.6 Å². The summed E-state index contributed by atoms with van der Waals surface area (Å²) < 4.78 is 6.10. The Labute approximate surface area is 137 Å². The molecule has 4 heteroatoms. The van der Waals surface area contributed by atoms with E-state index in [9.17, 15) is 9.90 Å². The third kappa shape index (κ3) is 3.69. The lowest BCUT2D eigenvalue weighted by molar-refractivity contribution is 0.0496. The fourth-order valence-electron chi connectivity index (χ4n) is 3.69. The highest BCUT2D eigenvalue weighted by Crippen LogP contribution is 2.37. The number of piperidine rings is 1. The maximum Gasteiger partial charge on any atom is 0.407 e. The zero-order valence-corrected chi connectivity index (χ0v) is 13.8. The van der Waals surface area contributed by atoms with Crippen LogP contribution in [-0.4, -0.2) is 34.3 Å². The molecule has 2 aliphatic rings. The number of hydrogen-bond acceptors (Lipinski definition) is 2. The molecule has 23 heavy (non-hydrogen) atoms. The van der Waals surface area contributed by atoms with Gasteiger partial charge in [-0.25, -0.2) is 4.79 Å². The van der Waals surface area contributed by atoms with Gasteiger partial charge in [0.05, 0.1) is 0 Å². The lowest BCUT2D eigenvalue weighted by Crippen LogP contribution is -2.48. The fraction of sp³-hybridized carbons (Fsp3) is 0.526. The Morgan fingerprint density at radius 1 is 1.22 bits per heavy atom. The number of carboxylic acid groups (broad SMARTS) is 1. The Hall–Kier alpha value is -1.97. The molecule has 0 aliphatic carbocycles. The third-order valence-electron chi connectivity index (χ3n) is 4.77. The second-order valence-corrected chi connectivity index (χ2v) is 6.96. The molecule has 124 valence electrons. The zero-order chi connectivity index (χ0) is 16.4. The number of benzene rings is 1. The van der Waals surface area contributed by atoms with Gasteiger partial charge < -0.3 is 14.7 Å². The summed E-state index contributed by atoms with van der Waals surface area (Å²) in [6.45, 7) is 4.32. The van der Waals surface area contributed by atoms with Gasteiger partial charge in [-0.3, -0.25) is 0 Å². The number of amides is 1. The molecule has 4 nitrogen and oxygen atoms in total. The topological polar surface area (TPSA) is 49.8 Å². The molecule has 0 unspecified atom stereocenters. The van der Waals surface area contributed by atoms with Crippen LogP contribution in [0.3, 0.4) is 0 Å². The van der Waals surface area contributed by atoms with Crippen LogP contribution >= 0.6 is 0 Å². The number of carbonyl (C=O) groups is 1. The van der Waals surface area contributed by atoms with Gasteiger partial charge in [-0.15, -0.1) is 0 Å². The van der Waals surface area contributed by atoms with Gasteiger partial charge in [0, 0.05) is 24.9 Å². The van der Waals surface area contributed by atoms with Crippen molar-refractivity contribution in [3.05, 3.63) is 35.9 Å². The van der Waals surface area contributed by atoms with Gasteiger partial charge in [0.2, 0.25) is 0 Å². The minimum atomic E-state index is -0.780. The maximum absolute atomic E-state index is 11.3. The van der Waals surface area contributed by atoms with Crippen molar-refractivity contribution in [1.82, 2.24) is 4.90 Å². The summed E-state index contributed by atoms with van der Waals surface area (Å²) in [6.07, 6.45) is 7.19. The number of hydrogen-bond donors (Lipinski definition) is 1. The Bertz CT molecular complexity index is 565. The molecule has 1 aromatic rings. The van der Waals surface area contributed by atoms with Crippen molar-refractivity contribution in [2.45, 2.75) is 57.7 Å². The molecule has 1 N–H and O–H groups in total. The summed E-state index contributed by atoms with van der Waals surface area (Å²) in [4.78, 5) is 12.9. The van der Waals surface area contributed by atoms with Gasteiger partial charge in [0.25, 0.3) is 0 Å². The van der Waals surface area contributed by atoms with Crippen LogP contribution in [-0.2, 0) is 0 Å². The summed E-state index contributed by atoms with van der Waals surface area (Å²) in [5.41, 5.74) is 1.17. The first-order valence-corrected chi connectivity index (χ1v) is 8.49. The summed E-state index contributed by atoms with van der Waals surface area (Å²) >= 11 is 0. The van der Waals surface area contributed by atoms with Gasteiger partial charge >= 0.3 is 6.09 Å². The summed E-state index contributed by atoms with van der Waals surface area (Å²) in [6, 6.07) is 8.40. The highest BCUT2D eigenvalue weighted by molar-refractivity contribution is 5.66. The van der Waals surface area contributed by atoms with E-state index in [4.69, 9.17) is 4.74 Å². The van der Waals surface area contributed by atoms with Crippen molar-refractivity contribution in [2.24, 2.45) is 5.92 Å². The van der Waals surface area contributed by atoms with Crippen LogP contribution in [0, 0.1) is 5.92 Å². The Morgan fingerprint density at radius 2 is 1.83 bits per heavy atom. The molecular weight excluding hydrogens is 290 g/mol. The van der Waals surface area contributed by atoms with Gasteiger partial charge in [-0.2, -0.15) is 0 Å². The van der Waals surface area contributed by atoms with Crippen LogP contribution in [0.1, 0.15) is 45.1 Å². The van der Waals surface area contributed by atoms with Gasteiger partial charge in [0.1, 0.15) is 11.9 Å². The Kier molecular flexibility index (Phi) is 4.60. The Morgan fingerprint density at radius 3 is 2.35 bits per heavy atom. The van der Waals surface area contributed by atoms with E-state index in [1.807, 2.05) is 12.1 Å². The third-order valence-corrected chi connectivity index (χ3v) is 4.77. The minimum absolute atomic E-state index is 0.125. The normalized spacial score (nSPS) is 26.9. The molecule has 2 saturated heterocycles. The first-order valence-electron chi connectivity index (χ1n) is 8.49. The zero-order valence-electron chi connectivity index (χ0n) is 13.8. The van der Waals surface area contributed by atoms with E-state index in [1.165, 1.54) is 5.56 Å². The quantitative estimate of drug-likeness (QED) is 0.895. The molecule has 0 radical (unpaired) electrons. The lowest BCUT2D eigenvalue weighted by atomic mass is 10.00. The van der Waals surface area contributed by atoms with E-state index < -0.39 is 6.09 Å². The summed E-state index contributed by atoms with van der Waals surface area (Å²) in [5.74, 6) is 1.42. The molecule has 3 atom stereocenters.